The predicted molar refractivity (Wildman–Crippen MR) is 143 cm³/mol. The van der Waals surface area contributed by atoms with Crippen molar-refractivity contribution in [3.05, 3.63) is 34.9 Å². The Labute approximate surface area is 250 Å². The van der Waals surface area contributed by atoms with E-state index in [1.165, 1.54) is 18.2 Å². The largest absolute Gasteiger partial charge is 0.388 e. The molecule has 1 aromatic carbocycles. The van der Waals surface area contributed by atoms with Gasteiger partial charge < -0.3 is 5.11 Å². The molecule has 180 valence electrons. The van der Waals surface area contributed by atoms with Crippen LogP contribution in [0, 0.1) is 0 Å². The van der Waals surface area contributed by atoms with E-state index in [4.69, 9.17) is 162 Å². The van der Waals surface area contributed by atoms with Crippen LogP contribution in [-0.4, -0.2) is 21.4 Å². The number of alkyl halides is 14. The van der Waals surface area contributed by atoms with Gasteiger partial charge in [0.25, 0.3) is 0 Å². The molecular formula is C16H12Cl14O. The summed E-state index contributed by atoms with van der Waals surface area (Å²) in [4.78, 5) is 0. The fraction of sp³-hybridized carbons (Fsp3) is 0.625. The second kappa shape index (κ2) is 10.9. The van der Waals surface area contributed by atoms with Gasteiger partial charge >= 0.3 is 0 Å². The second-order valence-corrected chi connectivity index (χ2v) is 16.3. The SMILES string of the molecule is CCCC(O)c1ccc(C(Cl)(Cl)C(Cl)(Cl)C(Cl)(Cl)Cl)cc1C(Cl)(Cl)C(Cl)(Cl)C(Cl)(Cl)Cl. The van der Waals surface area contributed by atoms with Gasteiger partial charge in [0.15, 0.2) is 8.67 Å². The van der Waals surface area contributed by atoms with Gasteiger partial charge in [0.2, 0.25) is 16.3 Å². The van der Waals surface area contributed by atoms with E-state index in [-0.39, 0.29) is 16.7 Å². The number of aliphatic hydroxyl groups excluding tert-OH is 1. The second-order valence-electron chi connectivity index (χ2n) is 6.40. The maximum Gasteiger partial charge on any atom is 0.226 e. The topological polar surface area (TPSA) is 20.2 Å². The van der Waals surface area contributed by atoms with E-state index < -0.39 is 31.0 Å². The zero-order valence-corrected chi connectivity index (χ0v) is 25.5. The molecule has 0 aliphatic rings. The summed E-state index contributed by atoms with van der Waals surface area (Å²) in [6.45, 7) is 1.85. The average Bonchev–Trinajstić information content (AvgIpc) is 2.59. The first-order valence-electron chi connectivity index (χ1n) is 8.05. The summed E-state index contributed by atoms with van der Waals surface area (Å²) in [6, 6.07) is 3.99. The van der Waals surface area contributed by atoms with Gasteiger partial charge in [-0.05, 0) is 29.2 Å². The van der Waals surface area contributed by atoms with Crippen LogP contribution in [0.15, 0.2) is 18.2 Å². The highest BCUT2D eigenvalue weighted by Crippen LogP contribution is 2.64. The van der Waals surface area contributed by atoms with Gasteiger partial charge in [0, 0.05) is 0 Å². The Kier molecular flexibility index (Phi) is 11.4. The molecule has 15 heteroatoms. The molecule has 0 amide bonds. The molecule has 0 heterocycles. The highest BCUT2D eigenvalue weighted by molar-refractivity contribution is 6.79. The summed E-state index contributed by atoms with van der Waals surface area (Å²) in [5, 5.41) is 10.6. The third kappa shape index (κ3) is 6.39. The quantitative estimate of drug-likeness (QED) is 0.279. The number of hydrogen-bond acceptors (Lipinski definition) is 1. The van der Waals surface area contributed by atoms with E-state index in [1.807, 2.05) is 6.92 Å². The number of benzene rings is 1. The summed E-state index contributed by atoms with van der Waals surface area (Å²) < 4.78 is -14.1. The van der Waals surface area contributed by atoms with Crippen molar-refractivity contribution in [2.24, 2.45) is 0 Å². The van der Waals surface area contributed by atoms with Crippen LogP contribution < -0.4 is 0 Å². The van der Waals surface area contributed by atoms with Crippen LogP contribution in [0.1, 0.15) is 42.6 Å². The van der Waals surface area contributed by atoms with E-state index in [2.05, 4.69) is 0 Å². The van der Waals surface area contributed by atoms with E-state index in [0.29, 0.717) is 12.8 Å². The first-order valence-corrected chi connectivity index (χ1v) is 13.3. The standard InChI is InChI=1S/C16H12Cl14O/c1-2-3-10(31)8-5-4-7(11(17,18)13(21,22)15(25,26)27)6-9(8)12(19,20)14(23,24)16(28,29)30/h4-6,10,31H,2-3H2,1H3. The molecule has 0 aromatic heterocycles. The fourth-order valence-corrected chi connectivity index (χ4v) is 5.43. The average molecular weight is 717 g/mol. The smallest absolute Gasteiger partial charge is 0.226 e. The van der Waals surface area contributed by atoms with Crippen LogP contribution in [0.25, 0.3) is 0 Å². The highest BCUT2D eigenvalue weighted by Gasteiger charge is 2.63. The van der Waals surface area contributed by atoms with Crippen LogP contribution in [0.5, 0.6) is 0 Å². The van der Waals surface area contributed by atoms with Gasteiger partial charge in [-0.15, -0.1) is 0 Å². The third-order valence-electron chi connectivity index (χ3n) is 4.18. The van der Waals surface area contributed by atoms with E-state index in [9.17, 15) is 5.11 Å². The molecule has 0 fully saturated rings. The molecule has 1 aromatic rings. The lowest BCUT2D eigenvalue weighted by Crippen LogP contribution is -2.47. The Morgan fingerprint density at radius 1 is 0.710 bits per heavy atom. The van der Waals surface area contributed by atoms with Crippen molar-refractivity contribution in [1.29, 1.82) is 0 Å². The molecule has 0 saturated heterocycles. The molecule has 0 radical (unpaired) electrons. The molecule has 1 atom stereocenters. The first-order chi connectivity index (χ1) is 13.6. The number of rotatable bonds is 7. The van der Waals surface area contributed by atoms with Crippen molar-refractivity contribution in [2.75, 3.05) is 0 Å². The molecule has 0 aliphatic heterocycles. The lowest BCUT2D eigenvalue weighted by molar-refractivity contribution is 0.165. The summed E-state index contributed by atoms with van der Waals surface area (Å²) in [5.41, 5.74) is 0.0711. The van der Waals surface area contributed by atoms with Crippen LogP contribution in [0.4, 0.5) is 0 Å². The lowest BCUT2D eigenvalue weighted by atomic mass is 9.92. The molecule has 1 N–H and O–H groups in total. The Bertz CT molecular complexity index is 778. The number of aliphatic hydroxyl groups is 1. The summed E-state index contributed by atoms with van der Waals surface area (Å²) in [7, 11) is 0. The zero-order valence-electron chi connectivity index (χ0n) is 15.0. The minimum atomic E-state index is -2.43. The molecule has 1 unspecified atom stereocenters. The van der Waals surface area contributed by atoms with E-state index in [0.717, 1.165) is 0 Å². The maximum absolute atomic E-state index is 10.6. The number of hydrogen-bond donors (Lipinski definition) is 1. The van der Waals surface area contributed by atoms with Crippen LogP contribution in [-0.2, 0) is 8.67 Å². The monoisotopic (exact) mass is 710 g/mol. The van der Waals surface area contributed by atoms with Crippen molar-refractivity contribution >= 4 is 162 Å². The molecule has 1 nitrogen and oxygen atoms in total. The summed E-state index contributed by atoms with van der Waals surface area (Å²) in [6.07, 6.45) is -0.140. The first kappa shape index (κ1) is 32.3. The summed E-state index contributed by atoms with van der Waals surface area (Å²) >= 11 is 86.1. The van der Waals surface area contributed by atoms with Gasteiger partial charge in [0.1, 0.15) is 0 Å². The fourth-order valence-electron chi connectivity index (χ4n) is 2.45. The van der Waals surface area contributed by atoms with Gasteiger partial charge in [-0.1, -0.05) is 188 Å². The van der Waals surface area contributed by atoms with Gasteiger partial charge in [-0.2, -0.15) is 0 Å². The number of halogens is 14. The Morgan fingerprint density at radius 2 is 1.13 bits per heavy atom. The van der Waals surface area contributed by atoms with Crippen molar-refractivity contribution in [2.45, 2.75) is 50.8 Å². The minimum Gasteiger partial charge on any atom is -0.388 e. The Balaban J connectivity index is 3.88. The van der Waals surface area contributed by atoms with E-state index in [1.54, 1.807) is 0 Å². The molecule has 0 spiro atoms. The molecule has 1 rings (SSSR count). The van der Waals surface area contributed by atoms with Crippen LogP contribution >= 0.6 is 162 Å². The zero-order chi connectivity index (χ0) is 24.8. The van der Waals surface area contributed by atoms with E-state index >= 15 is 0 Å². The predicted octanol–water partition coefficient (Wildman–Crippen LogP) is 10.9. The van der Waals surface area contributed by atoms with Crippen molar-refractivity contribution in [1.82, 2.24) is 0 Å². The maximum atomic E-state index is 10.6. The third-order valence-corrected chi connectivity index (χ3v) is 12.1. The molecule has 31 heavy (non-hydrogen) atoms. The van der Waals surface area contributed by atoms with Gasteiger partial charge in [-0.25, -0.2) is 0 Å². The van der Waals surface area contributed by atoms with Crippen LogP contribution in [0.3, 0.4) is 0 Å². The normalized spacial score (nSPS) is 15.9. The molecular weight excluding hydrogens is 705 g/mol. The minimum absolute atomic E-state index is 0.0336. The van der Waals surface area contributed by atoms with Crippen molar-refractivity contribution in [3.8, 4) is 0 Å². The van der Waals surface area contributed by atoms with Gasteiger partial charge in [-0.3, -0.25) is 0 Å². The Hall–Kier alpha value is 3.24. The van der Waals surface area contributed by atoms with Gasteiger partial charge in [0.05, 0.1) is 6.10 Å². The molecule has 0 saturated carbocycles. The highest BCUT2D eigenvalue weighted by atomic mass is 35.6. The van der Waals surface area contributed by atoms with Crippen molar-refractivity contribution < 1.29 is 5.11 Å². The molecule has 0 bridgehead atoms. The Morgan fingerprint density at radius 3 is 1.52 bits per heavy atom. The molecule has 0 aliphatic carbocycles. The lowest BCUT2D eigenvalue weighted by Gasteiger charge is -2.41. The van der Waals surface area contributed by atoms with Crippen LogP contribution in [0.2, 0.25) is 0 Å². The summed E-state index contributed by atoms with van der Waals surface area (Å²) in [5.74, 6) is 0. The van der Waals surface area contributed by atoms with Crippen molar-refractivity contribution in [3.63, 3.8) is 0 Å².